The highest BCUT2D eigenvalue weighted by Crippen LogP contribution is 2.44. The molecule has 3 atom stereocenters. The number of hydrogen-bond donors (Lipinski definition) is 2. The number of H-pyrrole nitrogens is 1. The Morgan fingerprint density at radius 3 is 2.66 bits per heavy atom. The first-order valence-corrected chi connectivity index (χ1v) is 13.9. The van der Waals surface area contributed by atoms with Gasteiger partial charge in [0.25, 0.3) is 5.56 Å². The van der Waals surface area contributed by atoms with Crippen LogP contribution in [0.4, 0.5) is 5.95 Å². The summed E-state index contributed by atoms with van der Waals surface area (Å²) in [5, 5.41) is 0.0550. The van der Waals surface area contributed by atoms with Gasteiger partial charge in [0.05, 0.1) is 18.3 Å². The number of esters is 1. The minimum Gasteiger partial charge on any atom is -0.461 e. The molecule has 10 heteroatoms. The van der Waals surface area contributed by atoms with E-state index in [0.29, 0.717) is 18.7 Å². The van der Waals surface area contributed by atoms with Crippen LogP contribution in [0.5, 0.6) is 0 Å². The number of rotatable bonds is 6. The standard InChI is InChI=1S/C22H35N5O4Si/c1-12(2)20(29)31-16-9-15(13(3)14(16)10-30-32(7,8)22(4,5)6)27-11-24-17-18(27)25-21(23)26-19(17)28/h11-12,14-16H,3,9-10H2,1-2,4-8H3,(H3,23,25,26,28). The number of ether oxygens (including phenoxy) is 1. The van der Waals surface area contributed by atoms with E-state index >= 15 is 0 Å². The summed E-state index contributed by atoms with van der Waals surface area (Å²) in [6, 6.07) is -0.244. The summed E-state index contributed by atoms with van der Waals surface area (Å²) in [7, 11) is -2.02. The van der Waals surface area contributed by atoms with Gasteiger partial charge in [-0.25, -0.2) is 4.98 Å². The van der Waals surface area contributed by atoms with Crippen LogP contribution in [-0.4, -0.2) is 46.5 Å². The van der Waals surface area contributed by atoms with Crippen LogP contribution >= 0.6 is 0 Å². The van der Waals surface area contributed by atoms with E-state index < -0.39 is 13.9 Å². The molecule has 176 valence electrons. The largest absolute Gasteiger partial charge is 0.461 e. The van der Waals surface area contributed by atoms with Gasteiger partial charge in [-0.3, -0.25) is 14.6 Å². The Bertz CT molecular complexity index is 1080. The molecule has 9 nitrogen and oxygen atoms in total. The highest BCUT2D eigenvalue weighted by molar-refractivity contribution is 6.74. The summed E-state index contributed by atoms with van der Waals surface area (Å²) in [5.41, 5.74) is 6.83. The quantitative estimate of drug-likeness (QED) is 0.383. The average molecular weight is 462 g/mol. The van der Waals surface area contributed by atoms with E-state index in [0.717, 1.165) is 5.57 Å². The van der Waals surface area contributed by atoms with E-state index in [1.165, 1.54) is 0 Å². The van der Waals surface area contributed by atoms with Crippen molar-refractivity contribution in [3.05, 3.63) is 28.8 Å². The smallest absolute Gasteiger partial charge is 0.308 e. The number of anilines is 1. The Hall–Kier alpha value is -2.46. The second-order valence-electron chi connectivity index (χ2n) is 10.4. The molecule has 2 aromatic heterocycles. The molecular weight excluding hydrogens is 426 g/mol. The molecule has 0 bridgehead atoms. The first kappa shape index (κ1) is 24.2. The van der Waals surface area contributed by atoms with Crippen LogP contribution in [0.3, 0.4) is 0 Å². The van der Waals surface area contributed by atoms with Gasteiger partial charge in [0, 0.05) is 18.9 Å². The lowest BCUT2D eigenvalue weighted by Crippen LogP contribution is -2.43. The van der Waals surface area contributed by atoms with E-state index in [4.69, 9.17) is 14.9 Å². The van der Waals surface area contributed by atoms with E-state index in [1.807, 2.05) is 13.8 Å². The summed E-state index contributed by atoms with van der Waals surface area (Å²) in [6.07, 6.45) is 1.69. The van der Waals surface area contributed by atoms with Crippen LogP contribution in [0.25, 0.3) is 11.2 Å². The fourth-order valence-corrected chi connectivity index (χ4v) is 4.66. The van der Waals surface area contributed by atoms with Crippen molar-refractivity contribution >= 4 is 31.4 Å². The zero-order valence-corrected chi connectivity index (χ0v) is 21.1. The monoisotopic (exact) mass is 461 g/mol. The minimum atomic E-state index is -2.02. The number of carbonyl (C=O) groups excluding carboxylic acids is 1. The van der Waals surface area contributed by atoms with E-state index in [2.05, 4.69) is 55.4 Å². The topological polar surface area (TPSA) is 125 Å². The van der Waals surface area contributed by atoms with Crippen molar-refractivity contribution in [2.24, 2.45) is 11.8 Å². The van der Waals surface area contributed by atoms with Crippen molar-refractivity contribution in [1.29, 1.82) is 0 Å². The Balaban J connectivity index is 1.94. The van der Waals surface area contributed by atoms with Crippen molar-refractivity contribution in [2.45, 2.75) is 71.3 Å². The van der Waals surface area contributed by atoms with E-state index in [1.54, 1.807) is 10.9 Å². The number of carbonyl (C=O) groups is 1. The first-order chi connectivity index (χ1) is 14.7. The predicted octanol–water partition coefficient (Wildman–Crippen LogP) is 3.41. The molecule has 3 N–H and O–H groups in total. The molecule has 2 heterocycles. The molecule has 3 unspecified atom stereocenters. The van der Waals surface area contributed by atoms with Crippen molar-refractivity contribution in [2.75, 3.05) is 12.3 Å². The maximum atomic E-state index is 12.4. The molecule has 1 aliphatic rings. The number of fused-ring (bicyclic) bond motifs is 1. The van der Waals surface area contributed by atoms with Crippen LogP contribution in [0, 0.1) is 11.8 Å². The fourth-order valence-electron chi connectivity index (χ4n) is 3.63. The molecule has 0 aliphatic heterocycles. The van der Waals surface area contributed by atoms with E-state index in [9.17, 15) is 9.59 Å². The molecule has 1 aliphatic carbocycles. The molecule has 0 spiro atoms. The number of nitrogens with two attached hydrogens (primary N) is 1. The minimum absolute atomic E-state index is 0.0217. The van der Waals surface area contributed by atoms with Gasteiger partial charge in [-0.15, -0.1) is 0 Å². The van der Waals surface area contributed by atoms with E-state index in [-0.39, 0.29) is 46.5 Å². The lowest BCUT2D eigenvalue weighted by Gasteiger charge is -2.37. The summed E-state index contributed by atoms with van der Waals surface area (Å²) in [5.74, 6) is -0.643. The fraction of sp³-hybridized carbons (Fsp3) is 0.636. The Labute approximate surface area is 189 Å². The molecule has 0 radical (unpaired) electrons. The van der Waals surface area contributed by atoms with Crippen molar-refractivity contribution in [3.8, 4) is 0 Å². The maximum absolute atomic E-state index is 12.4. The molecule has 32 heavy (non-hydrogen) atoms. The first-order valence-electron chi connectivity index (χ1n) is 11.0. The van der Waals surface area contributed by atoms with Crippen molar-refractivity contribution in [1.82, 2.24) is 19.5 Å². The van der Waals surface area contributed by atoms with Gasteiger partial charge in [0.15, 0.2) is 19.5 Å². The second kappa shape index (κ2) is 8.47. The Kier molecular flexibility index (Phi) is 6.40. The van der Waals surface area contributed by atoms with Gasteiger partial charge in [0.1, 0.15) is 6.10 Å². The lowest BCUT2D eigenvalue weighted by atomic mass is 10.0. The third-order valence-electron chi connectivity index (χ3n) is 6.76. The zero-order chi connectivity index (χ0) is 24.0. The van der Waals surface area contributed by atoms with Crippen molar-refractivity contribution in [3.63, 3.8) is 0 Å². The zero-order valence-electron chi connectivity index (χ0n) is 20.1. The summed E-state index contributed by atoms with van der Waals surface area (Å²) in [4.78, 5) is 35.6. The van der Waals surface area contributed by atoms with Gasteiger partial charge in [-0.2, -0.15) is 4.98 Å². The number of aromatic amines is 1. The lowest BCUT2D eigenvalue weighted by molar-refractivity contribution is -0.154. The molecule has 1 fully saturated rings. The van der Waals surface area contributed by atoms with Gasteiger partial charge >= 0.3 is 5.97 Å². The molecule has 3 rings (SSSR count). The number of nitrogens with zero attached hydrogens (tertiary/aromatic N) is 3. The third kappa shape index (κ3) is 4.51. The van der Waals surface area contributed by atoms with Crippen LogP contribution in [0.2, 0.25) is 18.1 Å². The summed E-state index contributed by atoms with van der Waals surface area (Å²) >= 11 is 0. The molecule has 0 saturated heterocycles. The number of nitrogen functional groups attached to an aromatic ring is 1. The van der Waals surface area contributed by atoms with Crippen LogP contribution in [0.15, 0.2) is 23.3 Å². The average Bonchev–Trinajstić information content (AvgIpc) is 3.20. The maximum Gasteiger partial charge on any atom is 0.308 e. The molecular formula is C22H35N5O4Si. The molecule has 0 amide bonds. The van der Waals surface area contributed by atoms with Crippen molar-refractivity contribution < 1.29 is 14.0 Å². The SMILES string of the molecule is C=C1C(CO[Si](C)(C)C(C)(C)C)C(OC(=O)C(C)C)CC1n1cnc2c(=O)[nH]c(N)nc21. The number of imidazole rings is 1. The van der Waals surface area contributed by atoms with Gasteiger partial charge in [-0.05, 0) is 23.7 Å². The molecule has 2 aromatic rings. The van der Waals surface area contributed by atoms with Crippen LogP contribution in [0.1, 0.15) is 47.1 Å². The molecule has 1 saturated carbocycles. The second-order valence-corrected chi connectivity index (χ2v) is 15.2. The van der Waals surface area contributed by atoms with Gasteiger partial charge < -0.3 is 19.5 Å². The predicted molar refractivity (Wildman–Crippen MR) is 127 cm³/mol. The Morgan fingerprint density at radius 2 is 2.06 bits per heavy atom. The third-order valence-corrected chi connectivity index (χ3v) is 11.3. The number of aromatic nitrogens is 4. The van der Waals surface area contributed by atoms with Crippen LogP contribution < -0.4 is 11.3 Å². The van der Waals surface area contributed by atoms with Crippen LogP contribution in [-0.2, 0) is 14.0 Å². The van der Waals surface area contributed by atoms with Gasteiger partial charge in [-0.1, -0.05) is 41.2 Å². The molecule has 0 aromatic carbocycles. The number of hydrogen-bond acceptors (Lipinski definition) is 7. The van der Waals surface area contributed by atoms with Gasteiger partial charge in [0.2, 0.25) is 5.95 Å². The Morgan fingerprint density at radius 1 is 1.41 bits per heavy atom. The highest BCUT2D eigenvalue weighted by atomic mass is 28.4. The highest BCUT2D eigenvalue weighted by Gasteiger charge is 2.44. The normalized spacial score (nSPS) is 22.1. The number of nitrogens with one attached hydrogen (secondary N) is 1. The summed E-state index contributed by atoms with van der Waals surface area (Å²) in [6.45, 7) is 19.3. The summed E-state index contributed by atoms with van der Waals surface area (Å²) < 4.78 is 14.2.